The highest BCUT2D eigenvalue weighted by molar-refractivity contribution is 5.87. The molecule has 0 spiro atoms. The molecule has 2 amide bonds. The van der Waals surface area contributed by atoms with Crippen molar-refractivity contribution in [3.8, 4) is 0 Å². The van der Waals surface area contributed by atoms with E-state index in [1.165, 1.54) is 30.6 Å². The van der Waals surface area contributed by atoms with E-state index in [4.69, 9.17) is 0 Å². The molecule has 18 heavy (non-hydrogen) atoms. The summed E-state index contributed by atoms with van der Waals surface area (Å²) < 4.78 is 0. The minimum atomic E-state index is -0.124. The fourth-order valence-corrected chi connectivity index (χ4v) is 3.15. The van der Waals surface area contributed by atoms with Gasteiger partial charge in [0.1, 0.15) is 0 Å². The Kier molecular flexibility index (Phi) is 4.22. The van der Waals surface area contributed by atoms with E-state index in [0.717, 1.165) is 6.42 Å². The van der Waals surface area contributed by atoms with E-state index in [2.05, 4.69) is 10.6 Å². The van der Waals surface area contributed by atoms with Crippen LogP contribution in [0.1, 0.15) is 32.1 Å². The van der Waals surface area contributed by atoms with Gasteiger partial charge in [0.15, 0.2) is 0 Å². The molecular formula is C13H23N3O2. The Morgan fingerprint density at radius 3 is 2.72 bits per heavy atom. The fraction of sp³-hybridized carbons (Fsp3) is 0.846. The van der Waals surface area contributed by atoms with Gasteiger partial charge in [0.05, 0.1) is 12.6 Å². The molecule has 2 N–H and O–H groups in total. The molecule has 1 heterocycles. The molecule has 3 unspecified atom stereocenters. The molecule has 2 fully saturated rings. The van der Waals surface area contributed by atoms with Crippen LogP contribution < -0.4 is 10.6 Å². The Hall–Kier alpha value is -1.10. The number of hydrogen-bond acceptors (Lipinski definition) is 3. The lowest BCUT2D eigenvalue weighted by Gasteiger charge is -2.24. The second kappa shape index (κ2) is 5.69. The molecule has 0 aromatic rings. The SMILES string of the molecule is CNC(=O)CN(C)C(=O)C1CC2CCCCC2N1. The summed E-state index contributed by atoms with van der Waals surface area (Å²) in [7, 11) is 3.28. The summed E-state index contributed by atoms with van der Waals surface area (Å²) in [6, 6.07) is 0.425. The van der Waals surface area contributed by atoms with Gasteiger partial charge in [0.25, 0.3) is 0 Å². The highest BCUT2D eigenvalue weighted by Crippen LogP contribution is 2.33. The molecule has 2 rings (SSSR count). The van der Waals surface area contributed by atoms with Crippen LogP contribution in [0, 0.1) is 5.92 Å². The zero-order chi connectivity index (χ0) is 13.1. The molecule has 5 heteroatoms. The van der Waals surface area contributed by atoms with E-state index in [0.29, 0.717) is 12.0 Å². The largest absolute Gasteiger partial charge is 0.358 e. The minimum absolute atomic E-state index is 0.0491. The van der Waals surface area contributed by atoms with Gasteiger partial charge < -0.3 is 15.5 Å². The second-order valence-electron chi connectivity index (χ2n) is 5.47. The van der Waals surface area contributed by atoms with Crippen LogP contribution in [0.3, 0.4) is 0 Å². The van der Waals surface area contributed by atoms with Crippen LogP contribution >= 0.6 is 0 Å². The zero-order valence-electron chi connectivity index (χ0n) is 11.2. The summed E-state index contributed by atoms with van der Waals surface area (Å²) in [4.78, 5) is 25.0. The Bertz CT molecular complexity index is 318. The van der Waals surface area contributed by atoms with Crippen molar-refractivity contribution in [2.24, 2.45) is 5.92 Å². The molecular weight excluding hydrogens is 230 g/mol. The monoisotopic (exact) mass is 253 g/mol. The average Bonchev–Trinajstić information content (AvgIpc) is 2.81. The number of nitrogens with one attached hydrogen (secondary N) is 2. The van der Waals surface area contributed by atoms with E-state index in [-0.39, 0.29) is 24.4 Å². The van der Waals surface area contributed by atoms with Crippen LogP contribution in [0.5, 0.6) is 0 Å². The van der Waals surface area contributed by atoms with E-state index in [1.54, 1.807) is 14.1 Å². The number of rotatable bonds is 3. The standard InChI is InChI=1S/C13H23N3O2/c1-14-12(17)8-16(2)13(18)11-7-9-5-3-4-6-10(9)15-11/h9-11,15H,3-8H2,1-2H3,(H,14,17). The number of hydrogen-bond donors (Lipinski definition) is 2. The third kappa shape index (κ3) is 2.83. The third-order valence-corrected chi connectivity index (χ3v) is 4.20. The van der Waals surface area contributed by atoms with Crippen molar-refractivity contribution in [1.29, 1.82) is 0 Å². The predicted molar refractivity (Wildman–Crippen MR) is 69.0 cm³/mol. The van der Waals surface area contributed by atoms with Crippen molar-refractivity contribution < 1.29 is 9.59 Å². The predicted octanol–water partition coefficient (Wildman–Crippen LogP) is 0.112. The Morgan fingerprint density at radius 2 is 2.06 bits per heavy atom. The summed E-state index contributed by atoms with van der Waals surface area (Å²) in [5.41, 5.74) is 0. The second-order valence-corrected chi connectivity index (χ2v) is 5.47. The normalized spacial score (nSPS) is 30.7. The molecule has 1 saturated heterocycles. The number of nitrogens with zero attached hydrogens (tertiary/aromatic N) is 1. The van der Waals surface area contributed by atoms with Gasteiger partial charge in [-0.3, -0.25) is 9.59 Å². The van der Waals surface area contributed by atoms with E-state index < -0.39 is 0 Å². The van der Waals surface area contributed by atoms with Crippen LogP contribution in [0.2, 0.25) is 0 Å². The maximum Gasteiger partial charge on any atom is 0.239 e. The van der Waals surface area contributed by atoms with Crippen LogP contribution in [-0.4, -0.2) is 49.4 Å². The summed E-state index contributed by atoms with van der Waals surface area (Å²) in [5.74, 6) is 0.579. The molecule has 2 aliphatic rings. The van der Waals surface area contributed by atoms with Crippen molar-refractivity contribution in [1.82, 2.24) is 15.5 Å². The first kappa shape index (κ1) is 13.3. The van der Waals surface area contributed by atoms with Gasteiger partial charge in [-0.2, -0.15) is 0 Å². The van der Waals surface area contributed by atoms with Crippen molar-refractivity contribution >= 4 is 11.8 Å². The molecule has 1 aliphatic heterocycles. The lowest BCUT2D eigenvalue weighted by atomic mass is 9.85. The van der Waals surface area contributed by atoms with E-state index >= 15 is 0 Å². The molecule has 0 aromatic heterocycles. The Labute approximate surface area is 108 Å². The molecule has 1 aliphatic carbocycles. The first-order chi connectivity index (χ1) is 8.61. The van der Waals surface area contributed by atoms with Crippen molar-refractivity contribution in [3.63, 3.8) is 0 Å². The van der Waals surface area contributed by atoms with E-state index in [9.17, 15) is 9.59 Å². The van der Waals surface area contributed by atoms with Gasteiger partial charge in [-0.1, -0.05) is 12.8 Å². The number of amides is 2. The Balaban J connectivity index is 1.88. The fourth-order valence-electron chi connectivity index (χ4n) is 3.15. The quantitative estimate of drug-likeness (QED) is 0.750. The van der Waals surface area contributed by atoms with Crippen molar-refractivity contribution in [2.75, 3.05) is 20.6 Å². The highest BCUT2D eigenvalue weighted by atomic mass is 16.2. The summed E-state index contributed by atoms with van der Waals surface area (Å²) in [6.45, 7) is 0.142. The van der Waals surface area contributed by atoms with Gasteiger partial charge >= 0.3 is 0 Å². The van der Waals surface area contributed by atoms with Gasteiger partial charge in [-0.15, -0.1) is 0 Å². The molecule has 0 bridgehead atoms. The number of carbonyl (C=O) groups excluding carboxylic acids is 2. The van der Waals surface area contributed by atoms with Crippen molar-refractivity contribution in [2.45, 2.75) is 44.2 Å². The lowest BCUT2D eigenvalue weighted by molar-refractivity contribution is -0.136. The molecule has 1 saturated carbocycles. The average molecular weight is 253 g/mol. The van der Waals surface area contributed by atoms with Crippen LogP contribution in [0.25, 0.3) is 0 Å². The zero-order valence-corrected chi connectivity index (χ0v) is 11.2. The number of likely N-dealkylation sites (N-methyl/N-ethyl adjacent to an activating group) is 2. The lowest BCUT2D eigenvalue weighted by Crippen LogP contribution is -2.46. The van der Waals surface area contributed by atoms with Crippen LogP contribution in [-0.2, 0) is 9.59 Å². The first-order valence-corrected chi connectivity index (χ1v) is 6.83. The summed E-state index contributed by atoms with van der Waals surface area (Å²) >= 11 is 0. The maximum atomic E-state index is 12.2. The number of fused-ring (bicyclic) bond motifs is 1. The topological polar surface area (TPSA) is 61.4 Å². The Morgan fingerprint density at radius 1 is 1.33 bits per heavy atom. The highest BCUT2D eigenvalue weighted by Gasteiger charge is 2.39. The summed E-state index contributed by atoms with van der Waals surface area (Å²) in [6.07, 6.45) is 5.91. The summed E-state index contributed by atoms with van der Waals surface area (Å²) in [5, 5.41) is 5.98. The van der Waals surface area contributed by atoms with Gasteiger partial charge in [-0.05, 0) is 25.2 Å². The van der Waals surface area contributed by atoms with E-state index in [1.807, 2.05) is 0 Å². The molecule has 5 nitrogen and oxygen atoms in total. The molecule has 3 atom stereocenters. The van der Waals surface area contributed by atoms with Gasteiger partial charge in [0, 0.05) is 20.1 Å². The van der Waals surface area contributed by atoms with Gasteiger partial charge in [-0.25, -0.2) is 0 Å². The van der Waals surface area contributed by atoms with Gasteiger partial charge in [0.2, 0.25) is 11.8 Å². The number of carbonyl (C=O) groups is 2. The molecule has 0 radical (unpaired) electrons. The minimum Gasteiger partial charge on any atom is -0.358 e. The van der Waals surface area contributed by atoms with Crippen molar-refractivity contribution in [3.05, 3.63) is 0 Å². The van der Waals surface area contributed by atoms with Crippen LogP contribution in [0.15, 0.2) is 0 Å². The smallest absolute Gasteiger partial charge is 0.239 e. The molecule has 102 valence electrons. The molecule has 0 aromatic carbocycles. The van der Waals surface area contributed by atoms with Crippen LogP contribution in [0.4, 0.5) is 0 Å². The third-order valence-electron chi connectivity index (χ3n) is 4.20. The maximum absolute atomic E-state index is 12.2. The first-order valence-electron chi connectivity index (χ1n) is 6.83.